The summed E-state index contributed by atoms with van der Waals surface area (Å²) in [6.07, 6.45) is 8.17. The summed E-state index contributed by atoms with van der Waals surface area (Å²) in [5.41, 5.74) is 4.69. The highest BCUT2D eigenvalue weighted by Gasteiger charge is 1.99. The van der Waals surface area contributed by atoms with Gasteiger partial charge in [0, 0.05) is 0 Å². The third-order valence-corrected chi connectivity index (χ3v) is 3.83. The fraction of sp³-hybridized carbons (Fsp3) is 0. The summed E-state index contributed by atoms with van der Waals surface area (Å²) in [5.74, 6) is -0.908. The summed E-state index contributed by atoms with van der Waals surface area (Å²) in [6.45, 7) is 0. The zero-order valence-corrected chi connectivity index (χ0v) is 13.7. The van der Waals surface area contributed by atoms with Crippen molar-refractivity contribution in [3.05, 3.63) is 107 Å². The Morgan fingerprint density at radius 2 is 0.920 bits per heavy atom. The highest BCUT2D eigenvalue weighted by atomic mass is 16.4. The summed E-state index contributed by atoms with van der Waals surface area (Å²) >= 11 is 0. The van der Waals surface area contributed by atoms with E-state index in [0.717, 1.165) is 16.7 Å². The molecule has 2 nitrogen and oxygen atoms in total. The van der Waals surface area contributed by atoms with Crippen LogP contribution in [0.1, 0.15) is 32.6 Å². The number of benzene rings is 3. The zero-order chi connectivity index (χ0) is 17.5. The molecule has 3 aromatic rings. The normalized spacial score (nSPS) is 11.2. The molecule has 0 spiro atoms. The van der Waals surface area contributed by atoms with Crippen LogP contribution in [0.25, 0.3) is 24.3 Å². The predicted octanol–water partition coefficient (Wildman–Crippen LogP) is 5.73. The van der Waals surface area contributed by atoms with Crippen LogP contribution < -0.4 is 0 Å². The van der Waals surface area contributed by atoms with Crippen molar-refractivity contribution in [1.82, 2.24) is 0 Å². The molecule has 25 heavy (non-hydrogen) atoms. The van der Waals surface area contributed by atoms with Gasteiger partial charge in [0.2, 0.25) is 0 Å². The van der Waals surface area contributed by atoms with E-state index in [9.17, 15) is 4.79 Å². The second-order valence-electron chi connectivity index (χ2n) is 5.67. The largest absolute Gasteiger partial charge is 0.478 e. The molecule has 122 valence electrons. The van der Waals surface area contributed by atoms with Crippen molar-refractivity contribution in [2.75, 3.05) is 0 Å². The summed E-state index contributed by atoms with van der Waals surface area (Å²) in [5, 5.41) is 8.90. The average Bonchev–Trinajstić information content (AvgIpc) is 2.67. The molecular formula is C23H18O2. The first-order chi connectivity index (χ1) is 12.2. The minimum Gasteiger partial charge on any atom is -0.478 e. The van der Waals surface area contributed by atoms with E-state index in [-0.39, 0.29) is 0 Å². The summed E-state index contributed by atoms with van der Waals surface area (Å²) < 4.78 is 0. The predicted molar refractivity (Wildman–Crippen MR) is 104 cm³/mol. The van der Waals surface area contributed by atoms with Gasteiger partial charge in [-0.25, -0.2) is 4.79 Å². The van der Waals surface area contributed by atoms with Crippen LogP contribution in [0.5, 0.6) is 0 Å². The topological polar surface area (TPSA) is 37.3 Å². The minimum absolute atomic E-state index is 0.298. The van der Waals surface area contributed by atoms with E-state index in [2.05, 4.69) is 48.6 Å². The number of carbonyl (C=O) groups is 1. The Morgan fingerprint density at radius 1 is 0.560 bits per heavy atom. The number of hydrogen-bond donors (Lipinski definition) is 1. The van der Waals surface area contributed by atoms with Crippen molar-refractivity contribution in [3.8, 4) is 0 Å². The zero-order valence-electron chi connectivity index (χ0n) is 13.7. The molecule has 0 atom stereocenters. The van der Waals surface area contributed by atoms with Crippen LogP contribution in [-0.2, 0) is 0 Å². The maximum Gasteiger partial charge on any atom is 0.335 e. The average molecular weight is 326 g/mol. The quantitative estimate of drug-likeness (QED) is 0.608. The lowest BCUT2D eigenvalue weighted by Crippen LogP contribution is -1.94. The van der Waals surface area contributed by atoms with Gasteiger partial charge >= 0.3 is 5.97 Å². The number of hydrogen-bond acceptors (Lipinski definition) is 1. The lowest BCUT2D eigenvalue weighted by molar-refractivity contribution is 0.0697. The Bertz CT molecular complexity index is 887. The van der Waals surface area contributed by atoms with E-state index in [4.69, 9.17) is 5.11 Å². The van der Waals surface area contributed by atoms with Crippen molar-refractivity contribution in [3.63, 3.8) is 0 Å². The van der Waals surface area contributed by atoms with Gasteiger partial charge in [0.05, 0.1) is 5.56 Å². The maximum absolute atomic E-state index is 10.8. The van der Waals surface area contributed by atoms with Crippen molar-refractivity contribution in [2.45, 2.75) is 0 Å². The molecule has 0 amide bonds. The lowest BCUT2D eigenvalue weighted by atomic mass is 10.1. The van der Waals surface area contributed by atoms with Gasteiger partial charge < -0.3 is 5.11 Å². The van der Waals surface area contributed by atoms with E-state index < -0.39 is 5.97 Å². The number of carboxylic acid groups (broad SMARTS) is 1. The molecule has 3 rings (SSSR count). The fourth-order valence-electron chi connectivity index (χ4n) is 2.40. The molecule has 0 aliphatic carbocycles. The van der Waals surface area contributed by atoms with E-state index in [1.54, 1.807) is 24.3 Å². The smallest absolute Gasteiger partial charge is 0.335 e. The third kappa shape index (κ3) is 4.79. The van der Waals surface area contributed by atoms with E-state index in [0.29, 0.717) is 5.56 Å². The molecule has 0 aromatic heterocycles. The lowest BCUT2D eigenvalue weighted by Gasteiger charge is -1.98. The molecule has 0 fully saturated rings. The second kappa shape index (κ2) is 7.93. The number of carboxylic acids is 1. The fourth-order valence-corrected chi connectivity index (χ4v) is 2.40. The molecule has 0 radical (unpaired) electrons. The van der Waals surface area contributed by atoms with Crippen molar-refractivity contribution in [1.29, 1.82) is 0 Å². The molecule has 0 aliphatic heterocycles. The summed E-state index contributed by atoms with van der Waals surface area (Å²) in [6, 6.07) is 25.3. The van der Waals surface area contributed by atoms with Crippen LogP contribution in [-0.4, -0.2) is 11.1 Å². The molecule has 2 heteroatoms. The Kier molecular flexibility index (Phi) is 5.22. The van der Waals surface area contributed by atoms with Crippen LogP contribution in [0.2, 0.25) is 0 Å². The first kappa shape index (κ1) is 16.5. The third-order valence-electron chi connectivity index (χ3n) is 3.83. The molecule has 0 bridgehead atoms. The van der Waals surface area contributed by atoms with Gasteiger partial charge in [0.15, 0.2) is 0 Å². The van der Waals surface area contributed by atoms with Crippen molar-refractivity contribution in [2.24, 2.45) is 0 Å². The highest BCUT2D eigenvalue weighted by molar-refractivity contribution is 5.88. The van der Waals surface area contributed by atoms with E-state index >= 15 is 0 Å². The second-order valence-corrected chi connectivity index (χ2v) is 5.67. The number of aromatic carboxylic acids is 1. The molecule has 1 N–H and O–H groups in total. The number of rotatable bonds is 5. The van der Waals surface area contributed by atoms with Crippen LogP contribution in [0, 0.1) is 0 Å². The Morgan fingerprint density at radius 3 is 1.32 bits per heavy atom. The van der Waals surface area contributed by atoms with Crippen molar-refractivity contribution < 1.29 is 9.90 Å². The minimum atomic E-state index is -0.908. The van der Waals surface area contributed by atoms with Gasteiger partial charge in [-0.2, -0.15) is 0 Å². The summed E-state index contributed by atoms with van der Waals surface area (Å²) in [7, 11) is 0. The van der Waals surface area contributed by atoms with Gasteiger partial charge in [-0.1, -0.05) is 91.0 Å². The summed E-state index contributed by atoms with van der Waals surface area (Å²) in [4.78, 5) is 10.8. The molecule has 3 aromatic carbocycles. The van der Waals surface area contributed by atoms with Gasteiger partial charge in [0.1, 0.15) is 0 Å². The van der Waals surface area contributed by atoms with Gasteiger partial charge in [0.25, 0.3) is 0 Å². The van der Waals surface area contributed by atoms with Crippen LogP contribution in [0.3, 0.4) is 0 Å². The molecule has 0 heterocycles. The Labute approximate surface area is 147 Å². The standard InChI is InChI=1S/C23H18O2/c24-23(25)22-16-14-21(15-17-22)13-12-20-10-8-19(9-11-20)7-6-18-4-2-1-3-5-18/h1-17H,(H,24,25). The molecule has 0 saturated carbocycles. The molecule has 0 unspecified atom stereocenters. The first-order valence-corrected chi connectivity index (χ1v) is 8.05. The Balaban J connectivity index is 1.66. The monoisotopic (exact) mass is 326 g/mol. The van der Waals surface area contributed by atoms with Crippen LogP contribution >= 0.6 is 0 Å². The highest BCUT2D eigenvalue weighted by Crippen LogP contribution is 2.13. The molecular weight excluding hydrogens is 308 g/mol. The first-order valence-electron chi connectivity index (χ1n) is 8.05. The van der Waals surface area contributed by atoms with Crippen LogP contribution in [0.15, 0.2) is 78.9 Å². The van der Waals surface area contributed by atoms with Crippen LogP contribution in [0.4, 0.5) is 0 Å². The molecule has 0 saturated heterocycles. The maximum atomic E-state index is 10.8. The van der Waals surface area contributed by atoms with E-state index in [1.165, 1.54) is 5.56 Å². The SMILES string of the molecule is O=C(O)c1ccc(C=Cc2ccc(C=Cc3ccccc3)cc2)cc1. The van der Waals surface area contributed by atoms with Gasteiger partial charge in [-0.05, 0) is 34.4 Å². The van der Waals surface area contributed by atoms with Crippen molar-refractivity contribution >= 4 is 30.3 Å². The van der Waals surface area contributed by atoms with Gasteiger partial charge in [-0.3, -0.25) is 0 Å². The van der Waals surface area contributed by atoms with E-state index in [1.807, 2.05) is 30.4 Å². The molecule has 0 aliphatic rings. The van der Waals surface area contributed by atoms with Gasteiger partial charge in [-0.15, -0.1) is 0 Å². The Hall–Kier alpha value is -3.39.